The Hall–Kier alpha value is -1.78. The normalized spacial score (nSPS) is 22.3. The van der Waals surface area contributed by atoms with Crippen molar-refractivity contribution in [1.82, 2.24) is 19.8 Å². The predicted molar refractivity (Wildman–Crippen MR) is 109 cm³/mol. The van der Waals surface area contributed by atoms with Gasteiger partial charge in [-0.25, -0.2) is 9.97 Å². The number of piperidine rings is 1. The van der Waals surface area contributed by atoms with E-state index >= 15 is 0 Å². The molecule has 144 valence electrons. The summed E-state index contributed by atoms with van der Waals surface area (Å²) in [5.74, 6) is 2.65. The molecule has 0 amide bonds. The monoisotopic (exact) mass is 364 g/mol. The number of hydrogen-bond donors (Lipinski definition) is 0. The maximum atomic E-state index is 4.33. The summed E-state index contributed by atoms with van der Waals surface area (Å²) >= 11 is 0. The van der Waals surface area contributed by atoms with Gasteiger partial charge in [-0.3, -0.25) is 4.90 Å². The van der Waals surface area contributed by atoms with Gasteiger partial charge in [0.25, 0.3) is 0 Å². The number of benzene rings is 1. The fraction of sp³-hybridized carbons (Fsp3) is 0.565. The molecule has 2 aliphatic rings. The van der Waals surface area contributed by atoms with Crippen LogP contribution in [0.2, 0.25) is 0 Å². The molecule has 0 radical (unpaired) electrons. The van der Waals surface area contributed by atoms with Crippen molar-refractivity contribution in [3.8, 4) is 0 Å². The van der Waals surface area contributed by atoms with Gasteiger partial charge in [0, 0.05) is 37.6 Å². The lowest BCUT2D eigenvalue weighted by Crippen LogP contribution is -2.37. The third-order valence-electron chi connectivity index (χ3n) is 6.41. The second kappa shape index (κ2) is 8.94. The molecule has 4 nitrogen and oxygen atoms in total. The topological polar surface area (TPSA) is 32.3 Å². The molecule has 4 rings (SSSR count). The predicted octanol–water partition coefficient (Wildman–Crippen LogP) is 3.56. The summed E-state index contributed by atoms with van der Waals surface area (Å²) in [5, 5.41) is 0. The molecule has 0 spiro atoms. The third-order valence-corrected chi connectivity index (χ3v) is 6.41. The zero-order valence-electron chi connectivity index (χ0n) is 16.6. The molecule has 1 aromatic carbocycles. The standard InChI is InChI=1S/C23H32N4/c1-19-24-15-21(16-25-19)17-27-14-10-23(18-27)22-8-12-26(13-9-22)11-7-20-5-3-2-4-6-20/h2-6,15-16,22-23H,7-14,17-18H2,1H3/t23-/m0/s1. The summed E-state index contributed by atoms with van der Waals surface area (Å²) < 4.78 is 0. The molecule has 4 heteroatoms. The molecule has 2 aliphatic heterocycles. The largest absolute Gasteiger partial charge is 0.303 e. The van der Waals surface area contributed by atoms with Crippen LogP contribution in [-0.2, 0) is 13.0 Å². The zero-order chi connectivity index (χ0) is 18.5. The van der Waals surface area contributed by atoms with Crippen molar-refractivity contribution in [2.75, 3.05) is 32.7 Å². The summed E-state index contributed by atoms with van der Waals surface area (Å²) in [6.45, 7) is 9.20. The Kier molecular flexibility index (Phi) is 6.15. The van der Waals surface area contributed by atoms with Crippen molar-refractivity contribution < 1.29 is 0 Å². The number of hydrogen-bond acceptors (Lipinski definition) is 4. The first-order chi connectivity index (χ1) is 13.3. The lowest BCUT2D eigenvalue weighted by Gasteiger charge is -2.35. The second-order valence-electron chi connectivity index (χ2n) is 8.34. The molecule has 0 bridgehead atoms. The maximum absolute atomic E-state index is 4.33. The highest BCUT2D eigenvalue weighted by atomic mass is 15.2. The first kappa shape index (κ1) is 18.6. The molecule has 2 aromatic rings. The molecule has 1 aromatic heterocycles. The van der Waals surface area contributed by atoms with Crippen LogP contribution in [0.25, 0.3) is 0 Å². The van der Waals surface area contributed by atoms with Crippen molar-refractivity contribution in [2.45, 2.75) is 39.2 Å². The summed E-state index contributed by atoms with van der Waals surface area (Å²) in [6, 6.07) is 10.9. The van der Waals surface area contributed by atoms with Crippen molar-refractivity contribution in [3.63, 3.8) is 0 Å². The van der Waals surface area contributed by atoms with Gasteiger partial charge < -0.3 is 4.90 Å². The average Bonchev–Trinajstić information content (AvgIpc) is 3.18. The second-order valence-corrected chi connectivity index (χ2v) is 8.34. The third kappa shape index (κ3) is 5.14. The summed E-state index contributed by atoms with van der Waals surface area (Å²) in [7, 11) is 0. The van der Waals surface area contributed by atoms with Crippen molar-refractivity contribution in [2.24, 2.45) is 11.8 Å². The van der Waals surface area contributed by atoms with E-state index in [4.69, 9.17) is 0 Å². The van der Waals surface area contributed by atoms with Gasteiger partial charge in [0.15, 0.2) is 0 Å². The van der Waals surface area contributed by atoms with E-state index in [-0.39, 0.29) is 0 Å². The Bertz CT molecular complexity index is 692. The van der Waals surface area contributed by atoms with Crippen LogP contribution in [0.3, 0.4) is 0 Å². The van der Waals surface area contributed by atoms with Gasteiger partial charge in [-0.15, -0.1) is 0 Å². The van der Waals surface area contributed by atoms with Crippen LogP contribution in [0.1, 0.15) is 36.2 Å². The van der Waals surface area contributed by atoms with Crippen LogP contribution >= 0.6 is 0 Å². The fourth-order valence-electron chi connectivity index (χ4n) is 4.73. The van der Waals surface area contributed by atoms with E-state index in [2.05, 4.69) is 50.1 Å². The molecule has 0 unspecified atom stereocenters. The number of nitrogens with zero attached hydrogens (tertiary/aromatic N) is 4. The SMILES string of the molecule is Cc1ncc(CN2CC[C@H](C3CCN(CCc4ccccc4)CC3)C2)cn1. The van der Waals surface area contributed by atoms with Crippen LogP contribution in [0, 0.1) is 18.8 Å². The Morgan fingerprint density at radius 2 is 1.52 bits per heavy atom. The van der Waals surface area contributed by atoms with E-state index < -0.39 is 0 Å². The molecular formula is C23H32N4. The lowest BCUT2D eigenvalue weighted by molar-refractivity contribution is 0.147. The van der Waals surface area contributed by atoms with Gasteiger partial charge in [-0.05, 0) is 69.6 Å². The van der Waals surface area contributed by atoms with E-state index in [0.29, 0.717) is 0 Å². The molecule has 0 aliphatic carbocycles. The van der Waals surface area contributed by atoms with E-state index in [1.165, 1.54) is 69.5 Å². The van der Waals surface area contributed by atoms with Crippen molar-refractivity contribution in [1.29, 1.82) is 0 Å². The van der Waals surface area contributed by atoms with Gasteiger partial charge in [0.2, 0.25) is 0 Å². The maximum Gasteiger partial charge on any atom is 0.125 e. The van der Waals surface area contributed by atoms with Crippen LogP contribution in [-0.4, -0.2) is 52.5 Å². The Morgan fingerprint density at radius 3 is 2.26 bits per heavy atom. The van der Waals surface area contributed by atoms with Crippen LogP contribution in [0.15, 0.2) is 42.7 Å². The minimum Gasteiger partial charge on any atom is -0.303 e. The summed E-state index contributed by atoms with van der Waals surface area (Å²) in [5.41, 5.74) is 2.71. The molecule has 2 fully saturated rings. The van der Waals surface area contributed by atoms with Crippen LogP contribution in [0.5, 0.6) is 0 Å². The van der Waals surface area contributed by atoms with Gasteiger partial charge >= 0.3 is 0 Å². The van der Waals surface area contributed by atoms with Crippen molar-refractivity contribution in [3.05, 3.63) is 59.7 Å². The minimum atomic E-state index is 0.858. The quantitative estimate of drug-likeness (QED) is 0.784. The minimum absolute atomic E-state index is 0.858. The molecule has 0 saturated carbocycles. The molecule has 2 saturated heterocycles. The number of likely N-dealkylation sites (tertiary alicyclic amines) is 2. The first-order valence-corrected chi connectivity index (χ1v) is 10.5. The van der Waals surface area contributed by atoms with Crippen LogP contribution in [0.4, 0.5) is 0 Å². The first-order valence-electron chi connectivity index (χ1n) is 10.5. The smallest absolute Gasteiger partial charge is 0.125 e. The molecule has 1 atom stereocenters. The van der Waals surface area contributed by atoms with E-state index in [0.717, 1.165) is 24.2 Å². The molecule has 27 heavy (non-hydrogen) atoms. The Balaban J connectivity index is 1.19. The highest BCUT2D eigenvalue weighted by molar-refractivity contribution is 5.14. The van der Waals surface area contributed by atoms with Gasteiger partial charge in [-0.1, -0.05) is 30.3 Å². The summed E-state index contributed by atoms with van der Waals surface area (Å²) in [4.78, 5) is 13.9. The number of aryl methyl sites for hydroxylation is 1. The zero-order valence-corrected chi connectivity index (χ0v) is 16.6. The summed E-state index contributed by atoms with van der Waals surface area (Å²) in [6.07, 6.45) is 9.27. The van der Waals surface area contributed by atoms with Gasteiger partial charge in [-0.2, -0.15) is 0 Å². The molecular weight excluding hydrogens is 332 g/mol. The number of aromatic nitrogens is 2. The molecule has 3 heterocycles. The van der Waals surface area contributed by atoms with E-state index in [9.17, 15) is 0 Å². The highest BCUT2D eigenvalue weighted by Gasteiger charge is 2.31. The van der Waals surface area contributed by atoms with Gasteiger partial charge in [0.05, 0.1) is 0 Å². The Morgan fingerprint density at radius 1 is 0.852 bits per heavy atom. The van der Waals surface area contributed by atoms with Crippen LogP contribution < -0.4 is 0 Å². The lowest BCUT2D eigenvalue weighted by atomic mass is 9.83. The van der Waals surface area contributed by atoms with E-state index in [1.54, 1.807) is 0 Å². The van der Waals surface area contributed by atoms with E-state index in [1.807, 2.05) is 19.3 Å². The van der Waals surface area contributed by atoms with Crippen molar-refractivity contribution >= 4 is 0 Å². The average molecular weight is 365 g/mol. The Labute approximate surface area is 163 Å². The fourth-order valence-corrected chi connectivity index (χ4v) is 4.73. The number of rotatable bonds is 6. The molecule has 0 N–H and O–H groups in total. The highest BCUT2D eigenvalue weighted by Crippen LogP contribution is 2.32. The van der Waals surface area contributed by atoms with Gasteiger partial charge in [0.1, 0.15) is 5.82 Å².